The number of rotatable bonds is 4. The van der Waals surface area contributed by atoms with Crippen LogP contribution in [0.2, 0.25) is 0 Å². The summed E-state index contributed by atoms with van der Waals surface area (Å²) in [6.07, 6.45) is 2.99. The van der Waals surface area contributed by atoms with Gasteiger partial charge < -0.3 is 9.67 Å². The lowest BCUT2D eigenvalue weighted by atomic mass is 10.6. The first kappa shape index (κ1) is 11.4. The molecule has 7 heteroatoms. The van der Waals surface area contributed by atoms with Gasteiger partial charge in [-0.3, -0.25) is 0 Å². The molecule has 1 rings (SSSR count). The topological polar surface area (TPSA) is 38.1 Å². The van der Waals surface area contributed by atoms with Gasteiger partial charge in [-0.2, -0.15) is 13.2 Å². The van der Waals surface area contributed by atoms with E-state index in [1.807, 2.05) is 0 Å². The number of alkyl halides is 3. The quantitative estimate of drug-likeness (QED) is 0.848. The van der Waals surface area contributed by atoms with Crippen LogP contribution in [0, 0.1) is 0 Å². The lowest BCUT2D eigenvalue weighted by Gasteiger charge is -2.07. The Morgan fingerprint density at radius 3 is 2.79 bits per heavy atom. The van der Waals surface area contributed by atoms with Gasteiger partial charge in [-0.15, -0.1) is 0 Å². The maximum atomic E-state index is 11.8. The number of aliphatic hydroxyl groups is 1. The minimum Gasteiger partial charge on any atom is -0.388 e. The van der Waals surface area contributed by atoms with E-state index in [1.165, 1.54) is 10.8 Å². The molecule has 1 heterocycles. The molecule has 0 atom stereocenters. The van der Waals surface area contributed by atoms with Crippen molar-refractivity contribution >= 4 is 11.8 Å². The number of aryl methyl sites for hydroxylation is 1. The molecule has 1 aromatic heterocycles. The van der Waals surface area contributed by atoms with Crippen LogP contribution < -0.4 is 0 Å². The van der Waals surface area contributed by atoms with Crippen LogP contribution in [0.25, 0.3) is 0 Å². The minimum absolute atomic E-state index is 0.0765. The number of thioether (sulfide) groups is 1. The molecule has 0 amide bonds. The van der Waals surface area contributed by atoms with Gasteiger partial charge in [0.25, 0.3) is 0 Å². The summed E-state index contributed by atoms with van der Waals surface area (Å²) in [7, 11) is 0. The van der Waals surface area contributed by atoms with Crippen LogP contribution in [-0.2, 0) is 13.2 Å². The molecule has 0 aliphatic heterocycles. The third kappa shape index (κ3) is 3.59. The number of hydrogen-bond acceptors (Lipinski definition) is 3. The summed E-state index contributed by atoms with van der Waals surface area (Å²) in [6, 6.07) is 0. The summed E-state index contributed by atoms with van der Waals surface area (Å²) in [5, 5.41) is 8.75. The van der Waals surface area contributed by atoms with Crippen molar-refractivity contribution in [1.29, 1.82) is 0 Å². The zero-order valence-electron chi connectivity index (χ0n) is 7.16. The summed E-state index contributed by atoms with van der Waals surface area (Å²) >= 11 is -0.0792. The molecule has 0 aliphatic carbocycles. The fourth-order valence-electron chi connectivity index (χ4n) is 0.955. The van der Waals surface area contributed by atoms with Gasteiger partial charge in [-0.1, -0.05) is 0 Å². The van der Waals surface area contributed by atoms with Crippen LogP contribution in [0.3, 0.4) is 0 Å². The van der Waals surface area contributed by atoms with Crippen molar-refractivity contribution in [3.63, 3.8) is 0 Å². The molecular weight excluding hydrogens is 217 g/mol. The van der Waals surface area contributed by atoms with Crippen LogP contribution in [0.15, 0.2) is 12.4 Å². The van der Waals surface area contributed by atoms with E-state index in [-0.39, 0.29) is 30.7 Å². The largest absolute Gasteiger partial charge is 0.441 e. The summed E-state index contributed by atoms with van der Waals surface area (Å²) in [6.45, 7) is -0.0657. The van der Waals surface area contributed by atoms with Crippen LogP contribution in [0.1, 0.15) is 5.82 Å². The molecule has 0 aromatic carbocycles. The molecule has 80 valence electrons. The summed E-state index contributed by atoms with van der Waals surface area (Å²) in [5.74, 6) is 0.306. The Hall–Kier alpha value is -0.690. The zero-order valence-corrected chi connectivity index (χ0v) is 7.98. The van der Waals surface area contributed by atoms with Crippen LogP contribution in [0.4, 0.5) is 13.2 Å². The SMILES string of the molecule is OCc1nccn1CCSC(F)(F)F. The van der Waals surface area contributed by atoms with Gasteiger partial charge >= 0.3 is 5.51 Å². The van der Waals surface area contributed by atoms with E-state index in [0.29, 0.717) is 5.82 Å². The van der Waals surface area contributed by atoms with Crippen LogP contribution in [-0.4, -0.2) is 25.9 Å². The van der Waals surface area contributed by atoms with Gasteiger partial charge in [-0.05, 0) is 11.8 Å². The highest BCUT2D eigenvalue weighted by Crippen LogP contribution is 2.29. The van der Waals surface area contributed by atoms with Gasteiger partial charge in [0.2, 0.25) is 0 Å². The maximum absolute atomic E-state index is 11.8. The van der Waals surface area contributed by atoms with Crippen molar-refractivity contribution < 1.29 is 18.3 Å². The van der Waals surface area contributed by atoms with Gasteiger partial charge in [-0.25, -0.2) is 4.98 Å². The molecule has 0 unspecified atom stereocenters. The first-order valence-electron chi connectivity index (χ1n) is 3.84. The van der Waals surface area contributed by atoms with E-state index in [2.05, 4.69) is 4.98 Å². The molecular formula is C7H9F3N2OS. The molecule has 1 N–H and O–H groups in total. The van der Waals surface area contributed by atoms with Crippen LogP contribution in [0.5, 0.6) is 0 Å². The molecule has 0 saturated carbocycles. The highest BCUT2D eigenvalue weighted by molar-refractivity contribution is 8.00. The average molecular weight is 226 g/mol. The molecule has 0 aliphatic rings. The first-order valence-corrected chi connectivity index (χ1v) is 4.83. The fraction of sp³-hybridized carbons (Fsp3) is 0.571. The molecule has 0 radical (unpaired) electrons. The van der Waals surface area contributed by atoms with Crippen molar-refractivity contribution in [1.82, 2.24) is 9.55 Å². The average Bonchev–Trinajstić information content (AvgIpc) is 2.49. The van der Waals surface area contributed by atoms with Gasteiger partial charge in [0, 0.05) is 24.7 Å². The lowest BCUT2D eigenvalue weighted by molar-refractivity contribution is -0.0328. The third-order valence-electron chi connectivity index (χ3n) is 1.54. The van der Waals surface area contributed by atoms with Crippen LogP contribution >= 0.6 is 11.8 Å². The maximum Gasteiger partial charge on any atom is 0.441 e. The Kier molecular flexibility index (Phi) is 3.82. The van der Waals surface area contributed by atoms with E-state index in [9.17, 15) is 13.2 Å². The van der Waals surface area contributed by atoms with E-state index < -0.39 is 5.51 Å². The van der Waals surface area contributed by atoms with Gasteiger partial charge in [0.05, 0.1) is 0 Å². The molecule has 0 spiro atoms. The predicted octanol–water partition coefficient (Wildman–Crippen LogP) is 1.63. The Morgan fingerprint density at radius 1 is 1.50 bits per heavy atom. The predicted molar refractivity (Wildman–Crippen MR) is 46.7 cm³/mol. The smallest absolute Gasteiger partial charge is 0.388 e. The number of halogens is 3. The number of nitrogens with zero attached hydrogens (tertiary/aromatic N) is 2. The highest BCUT2D eigenvalue weighted by Gasteiger charge is 2.27. The number of imidazole rings is 1. The monoisotopic (exact) mass is 226 g/mol. The second-order valence-electron chi connectivity index (χ2n) is 2.49. The zero-order chi connectivity index (χ0) is 10.6. The van der Waals surface area contributed by atoms with Crippen molar-refractivity contribution in [3.05, 3.63) is 18.2 Å². The molecule has 0 fully saturated rings. The Balaban J connectivity index is 2.38. The van der Waals surface area contributed by atoms with Crippen molar-refractivity contribution in [2.45, 2.75) is 18.7 Å². The van der Waals surface area contributed by atoms with E-state index in [1.54, 1.807) is 6.20 Å². The highest BCUT2D eigenvalue weighted by atomic mass is 32.2. The number of aromatic nitrogens is 2. The lowest BCUT2D eigenvalue weighted by Crippen LogP contribution is -2.08. The summed E-state index contributed by atoms with van der Waals surface area (Å²) in [4.78, 5) is 3.77. The third-order valence-corrected chi connectivity index (χ3v) is 2.26. The summed E-state index contributed by atoms with van der Waals surface area (Å²) < 4.78 is 36.8. The Morgan fingerprint density at radius 2 is 2.21 bits per heavy atom. The number of hydrogen-bond donors (Lipinski definition) is 1. The standard InChI is InChI=1S/C7H9F3N2OS/c8-7(9,10)14-4-3-12-2-1-11-6(12)5-13/h1-2,13H,3-5H2. The molecule has 0 bridgehead atoms. The van der Waals surface area contributed by atoms with Gasteiger partial charge in [0.15, 0.2) is 0 Å². The normalized spacial score (nSPS) is 12.0. The molecule has 0 saturated heterocycles. The number of aliphatic hydroxyl groups excluding tert-OH is 1. The van der Waals surface area contributed by atoms with Crippen molar-refractivity contribution in [2.24, 2.45) is 0 Å². The van der Waals surface area contributed by atoms with E-state index in [0.717, 1.165) is 0 Å². The minimum atomic E-state index is -4.19. The molecule has 3 nitrogen and oxygen atoms in total. The second-order valence-corrected chi connectivity index (χ2v) is 3.65. The summed E-state index contributed by atoms with van der Waals surface area (Å²) in [5.41, 5.74) is -4.19. The van der Waals surface area contributed by atoms with Crippen molar-refractivity contribution in [2.75, 3.05) is 5.75 Å². The van der Waals surface area contributed by atoms with Crippen molar-refractivity contribution in [3.8, 4) is 0 Å². The second kappa shape index (κ2) is 4.70. The first-order chi connectivity index (χ1) is 6.53. The Bertz CT molecular complexity index is 287. The van der Waals surface area contributed by atoms with E-state index in [4.69, 9.17) is 5.11 Å². The Labute approximate surface area is 82.9 Å². The molecule has 1 aromatic rings. The fourth-order valence-corrected chi connectivity index (χ4v) is 1.47. The van der Waals surface area contributed by atoms with Gasteiger partial charge in [0.1, 0.15) is 12.4 Å². The molecule has 14 heavy (non-hydrogen) atoms. The van der Waals surface area contributed by atoms with E-state index >= 15 is 0 Å².